The molecule has 164 valence electrons. The lowest BCUT2D eigenvalue weighted by Crippen LogP contribution is -2.51. The molecule has 2 saturated heterocycles. The summed E-state index contributed by atoms with van der Waals surface area (Å²) >= 11 is 0. The van der Waals surface area contributed by atoms with Gasteiger partial charge in [0.15, 0.2) is 0 Å². The number of fused-ring (bicyclic) bond motifs is 1. The Bertz CT molecular complexity index is 992. The third-order valence-corrected chi connectivity index (χ3v) is 7.16. The molecule has 6 nitrogen and oxygen atoms in total. The molecular weight excluding hydrogens is 386 g/mol. The van der Waals surface area contributed by atoms with Gasteiger partial charge in [-0.05, 0) is 43.6 Å². The van der Waals surface area contributed by atoms with Crippen LogP contribution in [0.2, 0.25) is 0 Å². The standard InChI is InChI=1S/C25H33N5O/c1-3-19(16-30-11-8-25(9-12-30)17-31-18-25)15-29(2)20-13-27-24(28-14-20)22-5-4-6-23-21(22)7-10-26-23/h3-7,10,15,20,26H,1,8-9,11-14,16-18H2,2H3,(H,27,28)/b19-15+. The van der Waals surface area contributed by atoms with Crippen LogP contribution in [0.5, 0.6) is 0 Å². The van der Waals surface area contributed by atoms with E-state index in [1.807, 2.05) is 12.3 Å². The first-order valence-electron chi connectivity index (χ1n) is 11.4. The molecule has 4 heterocycles. The smallest absolute Gasteiger partial charge is 0.129 e. The van der Waals surface area contributed by atoms with Gasteiger partial charge < -0.3 is 19.9 Å². The second-order valence-corrected chi connectivity index (χ2v) is 9.31. The summed E-state index contributed by atoms with van der Waals surface area (Å²) < 4.78 is 5.45. The SMILES string of the molecule is C=C/C(=C\N(C)C1CN=C(c2cccc3[nH]ccc23)NC1)CN1CCC2(CC1)COC2. The number of likely N-dealkylation sites (tertiary alicyclic amines) is 1. The number of aromatic amines is 1. The molecule has 1 spiro atoms. The molecule has 1 aromatic carbocycles. The van der Waals surface area contributed by atoms with E-state index in [2.05, 4.69) is 64.2 Å². The molecule has 1 atom stereocenters. The minimum Gasteiger partial charge on any atom is -0.380 e. The predicted octanol–water partition coefficient (Wildman–Crippen LogP) is 3.00. The summed E-state index contributed by atoms with van der Waals surface area (Å²) in [5.74, 6) is 0.991. The highest BCUT2D eigenvalue weighted by Gasteiger charge is 2.41. The maximum atomic E-state index is 5.45. The molecule has 3 aliphatic heterocycles. The molecule has 0 bridgehead atoms. The molecule has 0 saturated carbocycles. The molecule has 6 heteroatoms. The molecule has 5 rings (SSSR count). The van der Waals surface area contributed by atoms with E-state index in [1.54, 1.807) is 0 Å². The number of aromatic nitrogens is 1. The molecule has 2 aromatic rings. The highest BCUT2D eigenvalue weighted by molar-refractivity contribution is 6.09. The van der Waals surface area contributed by atoms with Gasteiger partial charge in [0.25, 0.3) is 0 Å². The van der Waals surface area contributed by atoms with Crippen LogP contribution in [0.4, 0.5) is 0 Å². The zero-order chi connectivity index (χ0) is 21.3. The van der Waals surface area contributed by atoms with E-state index in [0.717, 1.165) is 57.3 Å². The maximum absolute atomic E-state index is 5.45. The fraction of sp³-hybridized carbons (Fsp3) is 0.480. The van der Waals surface area contributed by atoms with Gasteiger partial charge >= 0.3 is 0 Å². The van der Waals surface area contributed by atoms with Crippen molar-refractivity contribution in [1.82, 2.24) is 20.1 Å². The van der Waals surface area contributed by atoms with Crippen molar-refractivity contribution in [2.75, 3.05) is 53.0 Å². The Morgan fingerprint density at radius 2 is 2.16 bits per heavy atom. The molecule has 3 aliphatic rings. The van der Waals surface area contributed by atoms with Gasteiger partial charge in [-0.3, -0.25) is 9.89 Å². The van der Waals surface area contributed by atoms with Gasteiger partial charge in [0, 0.05) is 54.4 Å². The first kappa shape index (κ1) is 20.3. The summed E-state index contributed by atoms with van der Waals surface area (Å²) in [5, 5.41) is 4.77. The predicted molar refractivity (Wildman–Crippen MR) is 126 cm³/mol. The molecule has 0 amide bonds. The fourth-order valence-corrected chi connectivity index (χ4v) is 4.92. The van der Waals surface area contributed by atoms with E-state index in [-0.39, 0.29) is 0 Å². The Hall–Kier alpha value is -2.57. The van der Waals surface area contributed by atoms with E-state index in [4.69, 9.17) is 9.73 Å². The van der Waals surface area contributed by atoms with Crippen LogP contribution in [0, 0.1) is 5.41 Å². The van der Waals surface area contributed by atoms with E-state index in [1.165, 1.54) is 29.4 Å². The Balaban J connectivity index is 1.20. The number of rotatable bonds is 6. The van der Waals surface area contributed by atoms with Crippen molar-refractivity contribution in [3.05, 3.63) is 60.5 Å². The maximum Gasteiger partial charge on any atom is 0.129 e. The Morgan fingerprint density at radius 3 is 2.84 bits per heavy atom. The second-order valence-electron chi connectivity index (χ2n) is 9.31. The highest BCUT2D eigenvalue weighted by atomic mass is 16.5. The third-order valence-electron chi connectivity index (χ3n) is 7.16. The quantitative estimate of drug-likeness (QED) is 0.707. The normalized spacial score (nSPS) is 23.8. The lowest BCUT2D eigenvalue weighted by atomic mass is 9.77. The van der Waals surface area contributed by atoms with Crippen LogP contribution in [0.1, 0.15) is 18.4 Å². The van der Waals surface area contributed by atoms with Crippen LogP contribution in [-0.2, 0) is 4.74 Å². The fourth-order valence-electron chi connectivity index (χ4n) is 4.92. The Morgan fingerprint density at radius 1 is 1.32 bits per heavy atom. The largest absolute Gasteiger partial charge is 0.380 e. The lowest BCUT2D eigenvalue weighted by molar-refractivity contribution is -0.138. The summed E-state index contributed by atoms with van der Waals surface area (Å²) in [7, 11) is 2.15. The lowest BCUT2D eigenvalue weighted by Gasteiger charge is -2.47. The van der Waals surface area contributed by atoms with E-state index in [9.17, 15) is 0 Å². The molecule has 2 N–H and O–H groups in total. The van der Waals surface area contributed by atoms with Crippen LogP contribution in [0.25, 0.3) is 10.9 Å². The van der Waals surface area contributed by atoms with Gasteiger partial charge in [-0.2, -0.15) is 0 Å². The average Bonchev–Trinajstić information content (AvgIpc) is 3.27. The number of H-pyrrole nitrogens is 1. The van der Waals surface area contributed by atoms with E-state index < -0.39 is 0 Å². The van der Waals surface area contributed by atoms with Crippen LogP contribution in [0.3, 0.4) is 0 Å². The van der Waals surface area contributed by atoms with E-state index >= 15 is 0 Å². The number of nitrogens with one attached hydrogen (secondary N) is 2. The van der Waals surface area contributed by atoms with Crippen molar-refractivity contribution < 1.29 is 4.74 Å². The molecule has 1 unspecified atom stereocenters. The summed E-state index contributed by atoms with van der Waals surface area (Å²) in [4.78, 5) is 13.0. The van der Waals surface area contributed by atoms with Crippen LogP contribution in [0.15, 0.2) is 59.9 Å². The van der Waals surface area contributed by atoms with Crippen molar-refractivity contribution >= 4 is 16.7 Å². The van der Waals surface area contributed by atoms with Gasteiger partial charge in [0.05, 0.1) is 25.8 Å². The Kier molecular flexibility index (Phi) is 5.59. The van der Waals surface area contributed by atoms with E-state index in [0.29, 0.717) is 11.5 Å². The minimum atomic E-state index is 0.334. The summed E-state index contributed by atoms with van der Waals surface area (Å²) in [5.41, 5.74) is 4.07. The number of piperidine rings is 1. The zero-order valence-electron chi connectivity index (χ0n) is 18.4. The number of likely N-dealkylation sites (N-methyl/N-ethyl adjacent to an activating group) is 1. The Labute approximate surface area is 184 Å². The second kappa shape index (κ2) is 8.52. The number of hydrogen-bond acceptors (Lipinski definition) is 5. The zero-order valence-corrected chi connectivity index (χ0v) is 18.4. The molecule has 0 aliphatic carbocycles. The number of aliphatic imine (C=N–C) groups is 1. The van der Waals surface area contributed by atoms with Crippen molar-refractivity contribution in [1.29, 1.82) is 0 Å². The topological polar surface area (TPSA) is 55.9 Å². The van der Waals surface area contributed by atoms with Gasteiger partial charge in [-0.25, -0.2) is 0 Å². The number of nitrogens with zero attached hydrogens (tertiary/aromatic N) is 3. The number of hydrogen-bond donors (Lipinski definition) is 2. The van der Waals surface area contributed by atoms with Gasteiger partial charge in [-0.15, -0.1) is 0 Å². The highest BCUT2D eigenvalue weighted by Crippen LogP contribution is 2.38. The molecule has 1 aromatic heterocycles. The first-order valence-corrected chi connectivity index (χ1v) is 11.4. The van der Waals surface area contributed by atoms with Crippen LogP contribution in [-0.4, -0.2) is 79.6 Å². The molecule has 31 heavy (non-hydrogen) atoms. The van der Waals surface area contributed by atoms with Crippen molar-refractivity contribution in [2.24, 2.45) is 10.4 Å². The van der Waals surface area contributed by atoms with Gasteiger partial charge in [-0.1, -0.05) is 24.8 Å². The van der Waals surface area contributed by atoms with Crippen molar-refractivity contribution in [3.63, 3.8) is 0 Å². The monoisotopic (exact) mass is 419 g/mol. The molecule has 2 fully saturated rings. The molecule has 0 radical (unpaired) electrons. The minimum absolute atomic E-state index is 0.334. The molecular formula is C25H33N5O. The van der Waals surface area contributed by atoms with Crippen molar-refractivity contribution in [3.8, 4) is 0 Å². The third kappa shape index (κ3) is 4.14. The number of amidine groups is 1. The number of benzene rings is 1. The first-order chi connectivity index (χ1) is 15.2. The number of ether oxygens (including phenoxy) is 1. The summed E-state index contributed by atoms with van der Waals surface area (Å²) in [6.07, 6.45) is 8.75. The average molecular weight is 420 g/mol. The van der Waals surface area contributed by atoms with Crippen molar-refractivity contribution in [2.45, 2.75) is 18.9 Å². The van der Waals surface area contributed by atoms with Gasteiger partial charge in [0.1, 0.15) is 5.84 Å². The van der Waals surface area contributed by atoms with Crippen LogP contribution < -0.4 is 5.32 Å². The summed E-state index contributed by atoms with van der Waals surface area (Å²) in [6, 6.07) is 8.77. The van der Waals surface area contributed by atoms with Crippen LogP contribution >= 0.6 is 0 Å². The summed E-state index contributed by atoms with van der Waals surface area (Å²) in [6.45, 7) is 10.9. The van der Waals surface area contributed by atoms with Gasteiger partial charge in [0.2, 0.25) is 0 Å².